The van der Waals surface area contributed by atoms with Crippen LogP contribution < -0.4 is 10.2 Å². The Kier molecular flexibility index (Phi) is 5.21. The van der Waals surface area contributed by atoms with Crippen molar-refractivity contribution in [2.75, 3.05) is 29.9 Å². The van der Waals surface area contributed by atoms with Crippen molar-refractivity contribution in [1.82, 2.24) is 4.90 Å². The van der Waals surface area contributed by atoms with Crippen LogP contribution in [0.2, 0.25) is 0 Å². The van der Waals surface area contributed by atoms with E-state index in [0.29, 0.717) is 12.0 Å². The first-order chi connectivity index (χ1) is 13.2. The lowest BCUT2D eigenvalue weighted by atomic mass is 10.1. The van der Waals surface area contributed by atoms with Crippen LogP contribution in [0.3, 0.4) is 0 Å². The fraction of sp³-hybridized carbons (Fsp3) is 0.364. The maximum Gasteiger partial charge on any atom is 0.255 e. The SMILES string of the molecule is O=C(Nc1cccc(CN2CCCC2)c1)c1ccc(N2CCCC2=O)cc1. The van der Waals surface area contributed by atoms with Crippen LogP contribution in [0.5, 0.6) is 0 Å². The summed E-state index contributed by atoms with van der Waals surface area (Å²) in [5, 5.41) is 2.98. The summed E-state index contributed by atoms with van der Waals surface area (Å²) in [7, 11) is 0. The Morgan fingerprint density at radius 2 is 1.74 bits per heavy atom. The first-order valence-electron chi connectivity index (χ1n) is 9.72. The molecule has 2 amide bonds. The molecule has 2 saturated heterocycles. The predicted octanol–water partition coefficient (Wildman–Crippen LogP) is 3.66. The fourth-order valence-electron chi connectivity index (χ4n) is 3.86. The van der Waals surface area contributed by atoms with Gasteiger partial charge in [0.25, 0.3) is 5.91 Å². The minimum atomic E-state index is -0.132. The summed E-state index contributed by atoms with van der Waals surface area (Å²) in [5.74, 6) is 0.0228. The Balaban J connectivity index is 1.40. The second-order valence-corrected chi connectivity index (χ2v) is 7.33. The maximum absolute atomic E-state index is 12.6. The van der Waals surface area contributed by atoms with Gasteiger partial charge >= 0.3 is 0 Å². The van der Waals surface area contributed by atoms with E-state index in [1.807, 2.05) is 30.3 Å². The van der Waals surface area contributed by atoms with Crippen molar-refractivity contribution >= 4 is 23.2 Å². The van der Waals surface area contributed by atoms with Crippen LogP contribution in [-0.2, 0) is 11.3 Å². The number of anilines is 2. The summed E-state index contributed by atoms with van der Waals surface area (Å²) in [4.78, 5) is 28.6. The minimum Gasteiger partial charge on any atom is -0.322 e. The first-order valence-corrected chi connectivity index (χ1v) is 9.72. The molecule has 5 nitrogen and oxygen atoms in total. The summed E-state index contributed by atoms with van der Waals surface area (Å²) in [5.41, 5.74) is 3.49. The number of hydrogen-bond donors (Lipinski definition) is 1. The highest BCUT2D eigenvalue weighted by molar-refractivity contribution is 6.04. The normalized spacial score (nSPS) is 17.5. The summed E-state index contributed by atoms with van der Waals surface area (Å²) < 4.78 is 0. The summed E-state index contributed by atoms with van der Waals surface area (Å²) in [6.45, 7) is 4.00. The van der Waals surface area contributed by atoms with Crippen molar-refractivity contribution in [1.29, 1.82) is 0 Å². The summed E-state index contributed by atoms with van der Waals surface area (Å²) in [6.07, 6.45) is 4.05. The van der Waals surface area contributed by atoms with Gasteiger partial charge in [0, 0.05) is 36.4 Å². The molecule has 2 aromatic rings. The van der Waals surface area contributed by atoms with Gasteiger partial charge < -0.3 is 10.2 Å². The molecule has 0 aliphatic carbocycles. The number of benzene rings is 2. The fourth-order valence-corrected chi connectivity index (χ4v) is 3.86. The van der Waals surface area contributed by atoms with Gasteiger partial charge in [-0.3, -0.25) is 14.5 Å². The molecule has 0 spiro atoms. The van der Waals surface area contributed by atoms with E-state index in [9.17, 15) is 9.59 Å². The van der Waals surface area contributed by atoms with Crippen molar-refractivity contribution < 1.29 is 9.59 Å². The third-order valence-corrected chi connectivity index (χ3v) is 5.30. The van der Waals surface area contributed by atoms with E-state index in [4.69, 9.17) is 0 Å². The second-order valence-electron chi connectivity index (χ2n) is 7.33. The molecule has 0 saturated carbocycles. The van der Waals surface area contributed by atoms with Crippen LogP contribution in [0.15, 0.2) is 48.5 Å². The van der Waals surface area contributed by atoms with Crippen LogP contribution in [0.25, 0.3) is 0 Å². The molecule has 0 unspecified atom stereocenters. The van der Waals surface area contributed by atoms with Gasteiger partial charge in [0.2, 0.25) is 5.91 Å². The van der Waals surface area contributed by atoms with Gasteiger partial charge in [-0.05, 0) is 74.3 Å². The van der Waals surface area contributed by atoms with Crippen molar-refractivity contribution in [3.63, 3.8) is 0 Å². The molecule has 1 N–H and O–H groups in total. The molecule has 27 heavy (non-hydrogen) atoms. The van der Waals surface area contributed by atoms with Crippen LogP contribution in [-0.4, -0.2) is 36.3 Å². The van der Waals surface area contributed by atoms with Crippen molar-refractivity contribution in [2.45, 2.75) is 32.2 Å². The predicted molar refractivity (Wildman–Crippen MR) is 107 cm³/mol. The molecule has 4 rings (SSSR count). The molecule has 2 heterocycles. The second kappa shape index (κ2) is 7.92. The molecule has 2 aromatic carbocycles. The average molecular weight is 363 g/mol. The quantitative estimate of drug-likeness (QED) is 0.882. The Hall–Kier alpha value is -2.66. The third kappa shape index (κ3) is 4.19. The number of carbonyl (C=O) groups excluding carboxylic acids is 2. The van der Waals surface area contributed by atoms with Crippen LogP contribution in [0.4, 0.5) is 11.4 Å². The Morgan fingerprint density at radius 3 is 2.44 bits per heavy atom. The van der Waals surface area contributed by atoms with Gasteiger partial charge in [-0.1, -0.05) is 12.1 Å². The van der Waals surface area contributed by atoms with E-state index in [1.165, 1.54) is 18.4 Å². The number of amides is 2. The van der Waals surface area contributed by atoms with Crippen molar-refractivity contribution in [2.24, 2.45) is 0 Å². The van der Waals surface area contributed by atoms with Gasteiger partial charge in [0.1, 0.15) is 0 Å². The van der Waals surface area contributed by atoms with Gasteiger partial charge in [-0.25, -0.2) is 0 Å². The molecule has 2 fully saturated rings. The molecule has 0 aromatic heterocycles. The van der Waals surface area contributed by atoms with Crippen molar-refractivity contribution in [3.8, 4) is 0 Å². The Morgan fingerprint density at radius 1 is 0.963 bits per heavy atom. The molecule has 140 valence electrons. The molecule has 0 bridgehead atoms. The molecular weight excluding hydrogens is 338 g/mol. The van der Waals surface area contributed by atoms with E-state index in [2.05, 4.69) is 16.3 Å². The molecule has 0 radical (unpaired) electrons. The zero-order valence-electron chi connectivity index (χ0n) is 15.5. The number of nitrogens with one attached hydrogen (secondary N) is 1. The standard InChI is InChI=1S/C22H25N3O2/c26-21-7-4-14-25(21)20-10-8-18(9-11-20)22(27)23-19-6-3-5-17(15-19)16-24-12-1-2-13-24/h3,5-6,8-11,15H,1-2,4,7,12-14,16H2,(H,23,27). The van der Waals surface area contributed by atoms with Gasteiger partial charge in [0.15, 0.2) is 0 Å². The Bertz CT molecular complexity index is 826. The highest BCUT2D eigenvalue weighted by Gasteiger charge is 2.21. The zero-order chi connectivity index (χ0) is 18.6. The lowest BCUT2D eigenvalue weighted by Gasteiger charge is -2.16. The summed E-state index contributed by atoms with van der Waals surface area (Å²) >= 11 is 0. The minimum absolute atomic E-state index is 0.132. The molecular formula is C22H25N3O2. The lowest BCUT2D eigenvalue weighted by Crippen LogP contribution is -2.23. The van der Waals surface area contributed by atoms with E-state index in [-0.39, 0.29) is 11.8 Å². The van der Waals surface area contributed by atoms with Crippen LogP contribution in [0, 0.1) is 0 Å². The number of carbonyl (C=O) groups is 2. The number of hydrogen-bond acceptors (Lipinski definition) is 3. The highest BCUT2D eigenvalue weighted by atomic mass is 16.2. The van der Waals surface area contributed by atoms with E-state index < -0.39 is 0 Å². The molecule has 2 aliphatic heterocycles. The highest BCUT2D eigenvalue weighted by Crippen LogP contribution is 2.22. The molecule has 0 atom stereocenters. The first kappa shape index (κ1) is 17.7. The molecule has 5 heteroatoms. The largest absolute Gasteiger partial charge is 0.322 e. The number of rotatable bonds is 5. The smallest absolute Gasteiger partial charge is 0.255 e. The topological polar surface area (TPSA) is 52.7 Å². The van der Waals surface area contributed by atoms with E-state index >= 15 is 0 Å². The van der Waals surface area contributed by atoms with Gasteiger partial charge in [-0.2, -0.15) is 0 Å². The number of nitrogens with zero attached hydrogens (tertiary/aromatic N) is 2. The van der Waals surface area contributed by atoms with Crippen LogP contribution >= 0.6 is 0 Å². The van der Waals surface area contributed by atoms with Gasteiger partial charge in [0.05, 0.1) is 0 Å². The lowest BCUT2D eigenvalue weighted by molar-refractivity contribution is -0.117. The van der Waals surface area contributed by atoms with E-state index in [0.717, 1.165) is 44.0 Å². The Labute approximate surface area is 160 Å². The maximum atomic E-state index is 12.6. The van der Waals surface area contributed by atoms with Gasteiger partial charge in [-0.15, -0.1) is 0 Å². The van der Waals surface area contributed by atoms with E-state index in [1.54, 1.807) is 17.0 Å². The molecule has 2 aliphatic rings. The average Bonchev–Trinajstić information content (AvgIpc) is 3.34. The summed E-state index contributed by atoms with van der Waals surface area (Å²) in [6, 6.07) is 15.3. The zero-order valence-corrected chi connectivity index (χ0v) is 15.5. The monoisotopic (exact) mass is 363 g/mol. The van der Waals surface area contributed by atoms with Crippen LogP contribution in [0.1, 0.15) is 41.6 Å². The van der Waals surface area contributed by atoms with Crippen molar-refractivity contribution in [3.05, 3.63) is 59.7 Å². The third-order valence-electron chi connectivity index (χ3n) is 5.30. The number of likely N-dealkylation sites (tertiary alicyclic amines) is 1.